The second kappa shape index (κ2) is 4.16. The topological polar surface area (TPSA) is 38.9 Å². The van der Waals surface area contributed by atoms with Crippen molar-refractivity contribution in [2.75, 3.05) is 6.54 Å². The summed E-state index contributed by atoms with van der Waals surface area (Å²) >= 11 is 0. The molecule has 2 nitrogen and oxygen atoms in total. The van der Waals surface area contributed by atoms with Gasteiger partial charge in [0.15, 0.2) is 0 Å². The van der Waals surface area contributed by atoms with Crippen molar-refractivity contribution in [3.63, 3.8) is 0 Å². The van der Waals surface area contributed by atoms with Crippen LogP contribution in [0.2, 0.25) is 0 Å². The van der Waals surface area contributed by atoms with E-state index in [0.717, 1.165) is 5.56 Å². The highest BCUT2D eigenvalue weighted by molar-refractivity contribution is 5.23. The monoisotopic (exact) mass is 168 g/mol. The summed E-state index contributed by atoms with van der Waals surface area (Å²) in [6, 6.07) is 1.70. The maximum absolute atomic E-state index is 13.3. The van der Waals surface area contributed by atoms with E-state index in [-0.39, 0.29) is 0 Å². The zero-order chi connectivity index (χ0) is 8.97. The summed E-state index contributed by atoms with van der Waals surface area (Å²) in [4.78, 5) is 3.89. The fourth-order valence-electron chi connectivity index (χ4n) is 1.14. The number of hydrogen-bond acceptors (Lipinski definition) is 2. The molecule has 0 saturated carbocycles. The number of aromatic nitrogens is 1. The fourth-order valence-corrected chi connectivity index (χ4v) is 1.14. The first-order valence-electron chi connectivity index (χ1n) is 4.00. The van der Waals surface area contributed by atoms with Crippen molar-refractivity contribution < 1.29 is 4.39 Å². The Morgan fingerprint density at radius 1 is 1.67 bits per heavy atom. The van der Waals surface area contributed by atoms with Crippen LogP contribution >= 0.6 is 0 Å². The van der Waals surface area contributed by atoms with E-state index in [9.17, 15) is 4.39 Å². The lowest BCUT2D eigenvalue weighted by molar-refractivity contribution is 0.326. The van der Waals surface area contributed by atoms with Crippen molar-refractivity contribution in [3.05, 3.63) is 29.6 Å². The van der Waals surface area contributed by atoms with E-state index in [1.54, 1.807) is 18.5 Å². The molecule has 0 saturated heterocycles. The molecule has 0 radical (unpaired) electrons. The Labute approximate surface area is 71.6 Å². The number of alkyl halides is 1. The van der Waals surface area contributed by atoms with Crippen LogP contribution in [0.3, 0.4) is 0 Å². The summed E-state index contributed by atoms with van der Waals surface area (Å²) in [5.41, 5.74) is 6.85. The minimum Gasteiger partial charge on any atom is -0.330 e. The molecule has 1 heterocycles. The first-order valence-corrected chi connectivity index (χ1v) is 4.00. The average Bonchev–Trinajstić information content (AvgIpc) is 2.05. The zero-order valence-electron chi connectivity index (χ0n) is 7.13. The van der Waals surface area contributed by atoms with Crippen LogP contribution < -0.4 is 5.73 Å². The Morgan fingerprint density at radius 3 is 3.00 bits per heavy atom. The normalized spacial score (nSPS) is 12.9. The molecule has 1 rings (SSSR count). The maximum atomic E-state index is 13.3. The van der Waals surface area contributed by atoms with Crippen molar-refractivity contribution in [3.8, 4) is 0 Å². The van der Waals surface area contributed by atoms with Crippen LogP contribution in [-0.2, 0) is 0 Å². The first-order chi connectivity index (χ1) is 5.75. The van der Waals surface area contributed by atoms with E-state index in [4.69, 9.17) is 5.73 Å². The van der Waals surface area contributed by atoms with Gasteiger partial charge >= 0.3 is 0 Å². The fraction of sp³-hybridized carbons (Fsp3) is 0.444. The van der Waals surface area contributed by atoms with E-state index in [0.29, 0.717) is 18.5 Å². The highest BCUT2D eigenvalue weighted by Crippen LogP contribution is 2.22. The molecule has 0 aromatic carbocycles. The van der Waals surface area contributed by atoms with Crippen molar-refractivity contribution in [1.29, 1.82) is 0 Å². The number of aryl methyl sites for hydroxylation is 1. The summed E-state index contributed by atoms with van der Waals surface area (Å²) in [5, 5.41) is 0. The van der Waals surface area contributed by atoms with Crippen LogP contribution in [0.1, 0.15) is 23.7 Å². The molecule has 1 aromatic rings. The molecule has 0 amide bonds. The van der Waals surface area contributed by atoms with Crippen molar-refractivity contribution in [2.24, 2.45) is 5.73 Å². The number of rotatable bonds is 3. The van der Waals surface area contributed by atoms with Crippen molar-refractivity contribution in [2.45, 2.75) is 19.5 Å². The predicted octanol–water partition coefficient (Wildman–Crippen LogP) is 1.75. The van der Waals surface area contributed by atoms with Gasteiger partial charge in [-0.25, -0.2) is 4.39 Å². The summed E-state index contributed by atoms with van der Waals surface area (Å²) in [6.45, 7) is 2.23. The largest absolute Gasteiger partial charge is 0.330 e. The highest BCUT2D eigenvalue weighted by Gasteiger charge is 2.10. The lowest BCUT2D eigenvalue weighted by atomic mass is 10.1. The Bertz CT molecular complexity index is 250. The van der Waals surface area contributed by atoms with Gasteiger partial charge in [0, 0.05) is 12.4 Å². The van der Waals surface area contributed by atoms with Gasteiger partial charge in [-0.05, 0) is 37.1 Å². The second-order valence-corrected chi connectivity index (χ2v) is 2.78. The predicted molar refractivity (Wildman–Crippen MR) is 46.5 cm³/mol. The third-order valence-electron chi connectivity index (χ3n) is 1.82. The highest BCUT2D eigenvalue weighted by atomic mass is 19.1. The smallest absolute Gasteiger partial charge is 0.127 e. The Morgan fingerprint density at radius 2 is 2.42 bits per heavy atom. The number of pyridine rings is 1. The quantitative estimate of drug-likeness (QED) is 0.746. The van der Waals surface area contributed by atoms with E-state index in [1.165, 1.54) is 0 Å². The van der Waals surface area contributed by atoms with Crippen LogP contribution in [0.5, 0.6) is 0 Å². The number of hydrogen-bond donors (Lipinski definition) is 1. The van der Waals surface area contributed by atoms with Crippen LogP contribution in [0.4, 0.5) is 4.39 Å². The summed E-state index contributed by atoms with van der Waals surface area (Å²) < 4.78 is 13.3. The van der Waals surface area contributed by atoms with Crippen LogP contribution in [0.15, 0.2) is 18.5 Å². The van der Waals surface area contributed by atoms with E-state index >= 15 is 0 Å². The molecule has 0 aliphatic heterocycles. The molecular weight excluding hydrogens is 155 g/mol. The molecular formula is C9H13FN2. The maximum Gasteiger partial charge on any atom is 0.127 e. The first kappa shape index (κ1) is 9.13. The van der Waals surface area contributed by atoms with E-state index < -0.39 is 6.17 Å². The van der Waals surface area contributed by atoms with Crippen LogP contribution in [0, 0.1) is 6.92 Å². The molecule has 0 aliphatic carbocycles. The second-order valence-electron chi connectivity index (χ2n) is 2.78. The van der Waals surface area contributed by atoms with Gasteiger partial charge in [-0.15, -0.1) is 0 Å². The van der Waals surface area contributed by atoms with E-state index in [2.05, 4.69) is 4.98 Å². The molecule has 0 aliphatic rings. The van der Waals surface area contributed by atoms with Gasteiger partial charge in [-0.2, -0.15) is 0 Å². The zero-order valence-corrected chi connectivity index (χ0v) is 7.13. The molecule has 1 unspecified atom stereocenters. The molecule has 0 bridgehead atoms. The molecule has 66 valence electrons. The standard InChI is InChI=1S/C9H13FN2/c1-7-6-12-5-3-8(7)9(10)2-4-11/h3,5-6,9H,2,4,11H2,1H3. The third kappa shape index (κ3) is 2.01. The molecule has 1 atom stereocenters. The number of nitrogens with two attached hydrogens (primary N) is 1. The lowest BCUT2D eigenvalue weighted by Crippen LogP contribution is -2.04. The van der Waals surface area contributed by atoms with Crippen LogP contribution in [0.25, 0.3) is 0 Å². The molecule has 2 N–H and O–H groups in total. The lowest BCUT2D eigenvalue weighted by Gasteiger charge is -2.08. The minimum atomic E-state index is -0.946. The van der Waals surface area contributed by atoms with Gasteiger partial charge in [0.1, 0.15) is 6.17 Å². The average molecular weight is 168 g/mol. The SMILES string of the molecule is Cc1cnccc1C(F)CCN. The Kier molecular flexibility index (Phi) is 3.17. The summed E-state index contributed by atoms with van der Waals surface area (Å²) in [6.07, 6.45) is 2.70. The van der Waals surface area contributed by atoms with Gasteiger partial charge in [-0.3, -0.25) is 4.98 Å². The summed E-state index contributed by atoms with van der Waals surface area (Å²) in [7, 11) is 0. The molecule has 0 fully saturated rings. The summed E-state index contributed by atoms with van der Waals surface area (Å²) in [5.74, 6) is 0. The van der Waals surface area contributed by atoms with Crippen molar-refractivity contribution in [1.82, 2.24) is 4.98 Å². The number of nitrogens with zero attached hydrogens (tertiary/aromatic N) is 1. The Hall–Kier alpha value is -0.960. The van der Waals surface area contributed by atoms with Gasteiger partial charge < -0.3 is 5.73 Å². The number of halogens is 1. The van der Waals surface area contributed by atoms with Gasteiger partial charge in [0.25, 0.3) is 0 Å². The molecule has 0 spiro atoms. The Balaban J connectivity index is 2.79. The molecule has 1 aromatic heterocycles. The van der Waals surface area contributed by atoms with Gasteiger partial charge in [-0.1, -0.05) is 0 Å². The van der Waals surface area contributed by atoms with E-state index in [1.807, 2.05) is 6.92 Å². The molecule has 12 heavy (non-hydrogen) atoms. The molecule has 3 heteroatoms. The van der Waals surface area contributed by atoms with Gasteiger partial charge in [0.05, 0.1) is 0 Å². The van der Waals surface area contributed by atoms with Gasteiger partial charge in [0.2, 0.25) is 0 Å². The third-order valence-corrected chi connectivity index (χ3v) is 1.82. The van der Waals surface area contributed by atoms with Crippen molar-refractivity contribution >= 4 is 0 Å². The minimum absolute atomic E-state index is 0.378. The van der Waals surface area contributed by atoms with Crippen LogP contribution in [-0.4, -0.2) is 11.5 Å².